The SMILES string of the molecule is CCCC1CCCN(Cc2ccc(O)cn2)CC1. The summed E-state index contributed by atoms with van der Waals surface area (Å²) in [6.07, 6.45) is 8.24. The summed E-state index contributed by atoms with van der Waals surface area (Å²) < 4.78 is 0. The predicted octanol–water partition coefficient (Wildman–Crippen LogP) is 3.19. The molecule has 2 heterocycles. The number of likely N-dealkylation sites (tertiary alicyclic amines) is 1. The molecule has 0 amide bonds. The fourth-order valence-electron chi connectivity index (χ4n) is 2.82. The zero-order chi connectivity index (χ0) is 12.8. The topological polar surface area (TPSA) is 36.4 Å². The van der Waals surface area contributed by atoms with E-state index in [0.29, 0.717) is 0 Å². The Morgan fingerprint density at radius 3 is 2.94 bits per heavy atom. The van der Waals surface area contributed by atoms with Crippen LogP contribution in [0.15, 0.2) is 18.3 Å². The Bertz CT molecular complexity index is 350. The minimum absolute atomic E-state index is 0.248. The van der Waals surface area contributed by atoms with Crippen LogP contribution in [0.1, 0.15) is 44.7 Å². The van der Waals surface area contributed by atoms with Gasteiger partial charge in [-0.25, -0.2) is 0 Å². The van der Waals surface area contributed by atoms with Crippen LogP contribution >= 0.6 is 0 Å². The molecular weight excluding hydrogens is 224 g/mol. The molecule has 0 radical (unpaired) electrons. The van der Waals surface area contributed by atoms with Crippen molar-refractivity contribution in [3.63, 3.8) is 0 Å². The lowest BCUT2D eigenvalue weighted by molar-refractivity contribution is 0.268. The Kier molecular flexibility index (Phi) is 5.00. The Morgan fingerprint density at radius 2 is 2.22 bits per heavy atom. The molecule has 18 heavy (non-hydrogen) atoms. The summed E-state index contributed by atoms with van der Waals surface area (Å²) in [6.45, 7) is 5.57. The largest absolute Gasteiger partial charge is 0.506 e. The van der Waals surface area contributed by atoms with Gasteiger partial charge in [0.15, 0.2) is 0 Å². The third-order valence-corrected chi connectivity index (χ3v) is 3.83. The molecule has 1 saturated heterocycles. The van der Waals surface area contributed by atoms with Crippen molar-refractivity contribution in [3.8, 4) is 5.75 Å². The lowest BCUT2D eigenvalue weighted by atomic mass is 9.96. The maximum atomic E-state index is 9.23. The fraction of sp³-hybridized carbons (Fsp3) is 0.667. The first-order valence-electron chi connectivity index (χ1n) is 7.14. The van der Waals surface area contributed by atoms with E-state index < -0.39 is 0 Å². The summed E-state index contributed by atoms with van der Waals surface area (Å²) in [6, 6.07) is 3.64. The van der Waals surface area contributed by atoms with Crippen molar-refractivity contribution in [2.24, 2.45) is 5.92 Å². The molecule has 1 aromatic rings. The zero-order valence-corrected chi connectivity index (χ0v) is 11.3. The van der Waals surface area contributed by atoms with E-state index in [1.54, 1.807) is 6.07 Å². The van der Waals surface area contributed by atoms with Gasteiger partial charge in [-0.2, -0.15) is 0 Å². The third-order valence-electron chi connectivity index (χ3n) is 3.83. The van der Waals surface area contributed by atoms with Gasteiger partial charge in [-0.3, -0.25) is 9.88 Å². The lowest BCUT2D eigenvalue weighted by Crippen LogP contribution is -2.24. The van der Waals surface area contributed by atoms with Crippen LogP contribution in [0.2, 0.25) is 0 Å². The van der Waals surface area contributed by atoms with Gasteiger partial charge in [0, 0.05) is 6.54 Å². The molecule has 1 N–H and O–H groups in total. The molecular formula is C15H24N2O. The first-order chi connectivity index (χ1) is 8.78. The number of pyridine rings is 1. The van der Waals surface area contributed by atoms with Gasteiger partial charge in [-0.15, -0.1) is 0 Å². The van der Waals surface area contributed by atoms with Crippen molar-refractivity contribution in [1.29, 1.82) is 0 Å². The van der Waals surface area contributed by atoms with Crippen LogP contribution in [0.25, 0.3) is 0 Å². The van der Waals surface area contributed by atoms with E-state index in [1.807, 2.05) is 6.07 Å². The molecule has 0 bridgehead atoms. The van der Waals surface area contributed by atoms with Crippen molar-refractivity contribution in [2.75, 3.05) is 13.1 Å². The highest BCUT2D eigenvalue weighted by atomic mass is 16.3. The molecule has 100 valence electrons. The van der Waals surface area contributed by atoms with Crippen LogP contribution < -0.4 is 0 Å². The van der Waals surface area contributed by atoms with Crippen molar-refractivity contribution in [1.82, 2.24) is 9.88 Å². The Morgan fingerprint density at radius 1 is 1.33 bits per heavy atom. The van der Waals surface area contributed by atoms with Crippen LogP contribution in [0.4, 0.5) is 0 Å². The van der Waals surface area contributed by atoms with E-state index in [4.69, 9.17) is 0 Å². The van der Waals surface area contributed by atoms with Crippen LogP contribution in [0.5, 0.6) is 5.75 Å². The molecule has 2 rings (SSSR count). The average molecular weight is 248 g/mol. The average Bonchev–Trinajstić information content (AvgIpc) is 2.59. The second-order valence-corrected chi connectivity index (χ2v) is 5.37. The lowest BCUT2D eigenvalue weighted by Gasteiger charge is -2.19. The van der Waals surface area contributed by atoms with Crippen molar-refractivity contribution >= 4 is 0 Å². The quantitative estimate of drug-likeness (QED) is 0.889. The Balaban J connectivity index is 1.84. The summed E-state index contributed by atoms with van der Waals surface area (Å²) >= 11 is 0. The normalized spacial score (nSPS) is 21.7. The van der Waals surface area contributed by atoms with Gasteiger partial charge >= 0.3 is 0 Å². The highest BCUT2D eigenvalue weighted by Crippen LogP contribution is 2.22. The van der Waals surface area contributed by atoms with E-state index in [0.717, 1.165) is 18.2 Å². The molecule has 1 aliphatic rings. The summed E-state index contributed by atoms with van der Waals surface area (Å²) in [4.78, 5) is 6.76. The second kappa shape index (κ2) is 6.74. The van der Waals surface area contributed by atoms with Gasteiger partial charge in [0.2, 0.25) is 0 Å². The second-order valence-electron chi connectivity index (χ2n) is 5.37. The number of nitrogens with zero attached hydrogens (tertiary/aromatic N) is 2. The van der Waals surface area contributed by atoms with Crippen LogP contribution in [0, 0.1) is 5.92 Å². The van der Waals surface area contributed by atoms with Gasteiger partial charge in [0.25, 0.3) is 0 Å². The van der Waals surface area contributed by atoms with E-state index in [9.17, 15) is 5.11 Å². The van der Waals surface area contributed by atoms with Crippen LogP contribution in [-0.4, -0.2) is 28.1 Å². The molecule has 3 heteroatoms. The molecule has 0 saturated carbocycles. The molecule has 0 aliphatic carbocycles. The minimum Gasteiger partial charge on any atom is -0.506 e. The van der Waals surface area contributed by atoms with Crippen LogP contribution in [-0.2, 0) is 6.54 Å². The maximum absolute atomic E-state index is 9.23. The highest BCUT2D eigenvalue weighted by Gasteiger charge is 2.16. The Labute approximate surface area is 110 Å². The molecule has 3 nitrogen and oxygen atoms in total. The smallest absolute Gasteiger partial charge is 0.133 e. The summed E-state index contributed by atoms with van der Waals surface area (Å²) in [5.41, 5.74) is 1.06. The number of aromatic hydroxyl groups is 1. The maximum Gasteiger partial charge on any atom is 0.133 e. The molecule has 1 atom stereocenters. The van der Waals surface area contributed by atoms with Crippen LogP contribution in [0.3, 0.4) is 0 Å². The molecule has 1 unspecified atom stereocenters. The summed E-state index contributed by atoms with van der Waals surface area (Å²) in [7, 11) is 0. The number of hydrogen-bond donors (Lipinski definition) is 1. The monoisotopic (exact) mass is 248 g/mol. The summed E-state index contributed by atoms with van der Waals surface area (Å²) in [5, 5.41) is 9.23. The number of aromatic nitrogens is 1. The van der Waals surface area contributed by atoms with Crippen molar-refractivity contribution in [3.05, 3.63) is 24.0 Å². The van der Waals surface area contributed by atoms with Gasteiger partial charge in [0.1, 0.15) is 5.75 Å². The molecule has 0 spiro atoms. The Hall–Kier alpha value is -1.09. The highest BCUT2D eigenvalue weighted by molar-refractivity contribution is 5.17. The van der Waals surface area contributed by atoms with Gasteiger partial charge in [-0.1, -0.05) is 19.8 Å². The first kappa shape index (κ1) is 13.3. The molecule has 1 aliphatic heterocycles. The van der Waals surface area contributed by atoms with Crippen molar-refractivity contribution < 1.29 is 5.11 Å². The summed E-state index contributed by atoms with van der Waals surface area (Å²) in [5.74, 6) is 1.17. The van der Waals surface area contributed by atoms with E-state index in [2.05, 4.69) is 16.8 Å². The van der Waals surface area contributed by atoms with Gasteiger partial charge < -0.3 is 5.11 Å². The van der Waals surface area contributed by atoms with Gasteiger partial charge in [-0.05, 0) is 50.4 Å². The van der Waals surface area contributed by atoms with E-state index in [-0.39, 0.29) is 5.75 Å². The third kappa shape index (κ3) is 3.98. The predicted molar refractivity (Wildman–Crippen MR) is 73.4 cm³/mol. The van der Waals surface area contributed by atoms with E-state index in [1.165, 1.54) is 51.4 Å². The molecule has 1 fully saturated rings. The zero-order valence-electron chi connectivity index (χ0n) is 11.3. The number of rotatable bonds is 4. The number of hydrogen-bond acceptors (Lipinski definition) is 3. The first-order valence-corrected chi connectivity index (χ1v) is 7.14. The fourth-order valence-corrected chi connectivity index (χ4v) is 2.82. The molecule has 0 aromatic carbocycles. The van der Waals surface area contributed by atoms with Crippen molar-refractivity contribution in [2.45, 2.75) is 45.6 Å². The van der Waals surface area contributed by atoms with E-state index >= 15 is 0 Å². The standard InChI is InChI=1S/C15H24N2O/c1-2-4-13-5-3-9-17(10-8-13)12-14-6-7-15(18)11-16-14/h6-7,11,13,18H,2-5,8-10,12H2,1H3. The van der Waals surface area contributed by atoms with Gasteiger partial charge in [0.05, 0.1) is 11.9 Å². The minimum atomic E-state index is 0.248. The molecule has 1 aromatic heterocycles.